The van der Waals surface area contributed by atoms with E-state index in [1.807, 2.05) is 13.8 Å². The van der Waals surface area contributed by atoms with Gasteiger partial charge in [0.15, 0.2) is 11.5 Å². The van der Waals surface area contributed by atoms with Crippen molar-refractivity contribution in [1.82, 2.24) is 9.88 Å². The Labute approximate surface area is 219 Å². The lowest BCUT2D eigenvalue weighted by Crippen LogP contribution is -2.53. The summed E-state index contributed by atoms with van der Waals surface area (Å²) in [6.07, 6.45) is 3.24. The molecule has 0 aliphatic carbocycles. The fourth-order valence-electron chi connectivity index (χ4n) is 4.66. The zero-order valence-electron chi connectivity index (χ0n) is 20.9. The summed E-state index contributed by atoms with van der Waals surface area (Å²) in [6, 6.07) is 14.3. The molecule has 3 amide bonds. The van der Waals surface area contributed by atoms with E-state index in [9.17, 15) is 19.2 Å². The lowest BCUT2D eigenvalue weighted by molar-refractivity contribution is -0.140. The summed E-state index contributed by atoms with van der Waals surface area (Å²) >= 11 is 0. The maximum Gasteiger partial charge on any atom is 0.299 e. The first kappa shape index (κ1) is 24.9. The highest BCUT2D eigenvalue weighted by molar-refractivity contribution is 6.52. The number of nitrogens with zero attached hydrogens (tertiary/aromatic N) is 3. The normalized spacial score (nSPS) is 14.4. The van der Waals surface area contributed by atoms with Crippen LogP contribution in [0.2, 0.25) is 0 Å². The van der Waals surface area contributed by atoms with Gasteiger partial charge in [-0.05, 0) is 41.8 Å². The van der Waals surface area contributed by atoms with E-state index in [2.05, 4.69) is 10.3 Å². The number of nitrogens with one attached hydrogen (secondary N) is 1. The number of hydrogen-bond donors (Lipinski definition) is 1. The first-order chi connectivity index (χ1) is 18.3. The highest BCUT2D eigenvalue weighted by atomic mass is 16.7. The molecule has 1 N–H and O–H groups in total. The minimum absolute atomic E-state index is 0.0850. The van der Waals surface area contributed by atoms with E-state index >= 15 is 0 Å². The van der Waals surface area contributed by atoms with Crippen LogP contribution >= 0.6 is 0 Å². The molecule has 0 saturated carbocycles. The molecule has 10 heteroatoms. The lowest BCUT2D eigenvalue weighted by atomic mass is 10.00. The fraction of sp³-hybridized carbons (Fsp3) is 0.250. The number of aromatic nitrogens is 1. The number of ether oxygens (including phenoxy) is 2. The molecule has 1 atom stereocenters. The number of amides is 3. The van der Waals surface area contributed by atoms with E-state index in [4.69, 9.17) is 9.47 Å². The maximum atomic E-state index is 13.8. The van der Waals surface area contributed by atoms with Gasteiger partial charge < -0.3 is 19.7 Å². The Hall–Kier alpha value is -4.73. The number of hydrogen-bond acceptors (Lipinski definition) is 7. The maximum absolute atomic E-state index is 13.8. The van der Waals surface area contributed by atoms with Gasteiger partial charge in [0, 0.05) is 30.7 Å². The molecule has 2 aromatic carbocycles. The van der Waals surface area contributed by atoms with Crippen LogP contribution in [0.4, 0.5) is 11.4 Å². The molecule has 194 valence electrons. The van der Waals surface area contributed by atoms with Crippen LogP contribution in [-0.4, -0.2) is 52.8 Å². The van der Waals surface area contributed by atoms with Crippen LogP contribution in [0.15, 0.2) is 67.0 Å². The molecule has 0 spiro atoms. The Kier molecular flexibility index (Phi) is 6.78. The number of para-hydroxylation sites is 1. The predicted molar refractivity (Wildman–Crippen MR) is 138 cm³/mol. The third-order valence-electron chi connectivity index (χ3n) is 6.44. The number of pyridine rings is 1. The van der Waals surface area contributed by atoms with Crippen molar-refractivity contribution in [3.63, 3.8) is 0 Å². The number of Topliss-reactive ketones (excluding diaryl/α,β-unsaturated/α-hetero) is 1. The van der Waals surface area contributed by atoms with E-state index in [1.54, 1.807) is 67.0 Å². The van der Waals surface area contributed by atoms with Gasteiger partial charge in [0.1, 0.15) is 12.6 Å². The largest absolute Gasteiger partial charge is 0.454 e. The van der Waals surface area contributed by atoms with Crippen LogP contribution in [0.3, 0.4) is 0 Å². The molecule has 0 fully saturated rings. The van der Waals surface area contributed by atoms with Crippen molar-refractivity contribution in [3.05, 3.63) is 78.1 Å². The van der Waals surface area contributed by atoms with Crippen LogP contribution in [0, 0.1) is 5.92 Å². The van der Waals surface area contributed by atoms with E-state index in [0.29, 0.717) is 28.4 Å². The van der Waals surface area contributed by atoms with Gasteiger partial charge in [-0.15, -0.1) is 0 Å². The standard InChI is InChI=1S/C28H26N4O6/c1-17(2)25(27(35)30-19-9-10-22-23(12-19)38-16-37-22)32(14-18-6-5-11-29-13-18)24(33)15-31-21-8-4-3-7-20(21)26(34)28(31)36/h3-13,17,25H,14-16H2,1-2H3,(H,30,35)/t25-/m1/s1. The van der Waals surface area contributed by atoms with Crippen LogP contribution in [0.25, 0.3) is 0 Å². The van der Waals surface area contributed by atoms with Crippen molar-refractivity contribution < 1.29 is 28.7 Å². The minimum Gasteiger partial charge on any atom is -0.454 e. The number of anilines is 2. The van der Waals surface area contributed by atoms with Crippen molar-refractivity contribution in [2.75, 3.05) is 23.6 Å². The number of carbonyl (C=O) groups is 4. The van der Waals surface area contributed by atoms with Crippen molar-refractivity contribution in [2.24, 2.45) is 5.92 Å². The molecule has 2 aliphatic heterocycles. The van der Waals surface area contributed by atoms with E-state index in [1.165, 1.54) is 9.80 Å². The number of fused-ring (bicyclic) bond motifs is 2. The molecule has 0 bridgehead atoms. The highest BCUT2D eigenvalue weighted by Gasteiger charge is 2.39. The average molecular weight is 515 g/mol. The SMILES string of the molecule is CC(C)[C@H](C(=O)Nc1ccc2c(c1)OCO2)N(Cc1cccnc1)C(=O)CN1C(=O)C(=O)c2ccccc21. The van der Waals surface area contributed by atoms with Gasteiger partial charge in [0.25, 0.3) is 11.7 Å². The van der Waals surface area contributed by atoms with Crippen molar-refractivity contribution in [3.8, 4) is 11.5 Å². The molecule has 0 radical (unpaired) electrons. The minimum atomic E-state index is -0.892. The third kappa shape index (κ3) is 4.80. The van der Waals surface area contributed by atoms with Crippen LogP contribution in [0.1, 0.15) is 29.8 Å². The van der Waals surface area contributed by atoms with Gasteiger partial charge >= 0.3 is 0 Å². The number of benzene rings is 2. The number of ketones is 1. The lowest BCUT2D eigenvalue weighted by Gasteiger charge is -2.34. The summed E-state index contributed by atoms with van der Waals surface area (Å²) in [6.45, 7) is 3.49. The quantitative estimate of drug-likeness (QED) is 0.459. The van der Waals surface area contributed by atoms with Crippen molar-refractivity contribution >= 4 is 34.9 Å². The molecule has 0 saturated heterocycles. The fourth-order valence-corrected chi connectivity index (χ4v) is 4.66. The summed E-state index contributed by atoms with van der Waals surface area (Å²) < 4.78 is 10.7. The van der Waals surface area contributed by atoms with Crippen LogP contribution in [0.5, 0.6) is 11.5 Å². The molecule has 10 nitrogen and oxygen atoms in total. The Morgan fingerprint density at radius 3 is 2.61 bits per heavy atom. The first-order valence-corrected chi connectivity index (χ1v) is 12.2. The summed E-state index contributed by atoms with van der Waals surface area (Å²) in [5, 5.41) is 2.88. The van der Waals surface area contributed by atoms with Gasteiger partial charge in [-0.25, -0.2) is 0 Å². The van der Waals surface area contributed by atoms with E-state index in [-0.39, 0.29) is 31.4 Å². The van der Waals surface area contributed by atoms with Gasteiger partial charge in [-0.2, -0.15) is 0 Å². The second-order valence-electron chi connectivity index (χ2n) is 9.37. The van der Waals surface area contributed by atoms with Gasteiger partial charge in [0.2, 0.25) is 18.6 Å². The molecule has 5 rings (SSSR count). The zero-order valence-corrected chi connectivity index (χ0v) is 20.9. The monoisotopic (exact) mass is 514 g/mol. The predicted octanol–water partition coefficient (Wildman–Crippen LogP) is 3.03. The summed E-state index contributed by atoms with van der Waals surface area (Å²) in [5.74, 6) is -1.50. The molecule has 3 aromatic rings. The van der Waals surface area contributed by atoms with Crippen LogP contribution in [-0.2, 0) is 20.9 Å². The third-order valence-corrected chi connectivity index (χ3v) is 6.44. The van der Waals surface area contributed by atoms with Crippen LogP contribution < -0.4 is 19.7 Å². The molecule has 0 unspecified atom stereocenters. The first-order valence-electron chi connectivity index (χ1n) is 12.2. The van der Waals surface area contributed by atoms with E-state index in [0.717, 1.165) is 0 Å². The molecule has 3 heterocycles. The second kappa shape index (κ2) is 10.3. The summed E-state index contributed by atoms with van der Waals surface area (Å²) in [5.41, 5.74) is 1.84. The summed E-state index contributed by atoms with van der Waals surface area (Å²) in [4.78, 5) is 59.4. The average Bonchev–Trinajstić information content (AvgIpc) is 3.47. The molecular weight excluding hydrogens is 488 g/mol. The van der Waals surface area contributed by atoms with Gasteiger partial charge in [-0.1, -0.05) is 32.0 Å². The smallest absolute Gasteiger partial charge is 0.299 e. The number of carbonyl (C=O) groups excluding carboxylic acids is 4. The Bertz CT molecular complexity index is 1410. The summed E-state index contributed by atoms with van der Waals surface area (Å²) in [7, 11) is 0. The molecular formula is C28H26N4O6. The Balaban J connectivity index is 1.43. The molecule has 2 aliphatic rings. The van der Waals surface area contributed by atoms with Crippen molar-refractivity contribution in [2.45, 2.75) is 26.4 Å². The molecule has 1 aromatic heterocycles. The van der Waals surface area contributed by atoms with E-state index < -0.39 is 29.5 Å². The van der Waals surface area contributed by atoms with Gasteiger partial charge in [-0.3, -0.25) is 29.1 Å². The second-order valence-corrected chi connectivity index (χ2v) is 9.37. The zero-order chi connectivity index (χ0) is 26.8. The Morgan fingerprint density at radius 2 is 1.84 bits per heavy atom. The van der Waals surface area contributed by atoms with Crippen molar-refractivity contribution in [1.29, 1.82) is 0 Å². The number of rotatable bonds is 8. The highest BCUT2D eigenvalue weighted by Crippen LogP contribution is 2.34. The molecule has 38 heavy (non-hydrogen) atoms. The van der Waals surface area contributed by atoms with Gasteiger partial charge in [0.05, 0.1) is 11.3 Å². The topological polar surface area (TPSA) is 118 Å². The Morgan fingerprint density at radius 1 is 1.05 bits per heavy atom.